The van der Waals surface area contributed by atoms with Crippen molar-refractivity contribution in [3.63, 3.8) is 0 Å². The molecule has 96 valence electrons. The van der Waals surface area contributed by atoms with Crippen molar-refractivity contribution in [2.45, 2.75) is 26.4 Å². The van der Waals surface area contributed by atoms with E-state index in [0.29, 0.717) is 0 Å². The summed E-state index contributed by atoms with van der Waals surface area (Å²) in [4.78, 5) is 5.65. The molecule has 1 aromatic heterocycles. The lowest BCUT2D eigenvalue weighted by Gasteiger charge is -2.27. The fourth-order valence-electron chi connectivity index (χ4n) is 2.49. The average molecular weight is 237 g/mol. The molecule has 0 radical (unpaired) electrons. The van der Waals surface area contributed by atoms with Crippen LogP contribution >= 0.6 is 0 Å². The molecule has 1 atom stereocenters. The molecule has 1 saturated heterocycles. The number of hydrogen-bond acceptors (Lipinski definition) is 3. The standard InChI is InChI=1S/C13H23N3O/c1-10-9-12(11(2)15-10)13(17)3-6-16-7-4-14-5-8-16/h9,13-15,17H,3-8H2,1-2H3. The number of piperazine rings is 1. The van der Waals surface area contributed by atoms with Crippen LogP contribution in [0.3, 0.4) is 0 Å². The van der Waals surface area contributed by atoms with Crippen molar-refractivity contribution in [2.24, 2.45) is 0 Å². The van der Waals surface area contributed by atoms with Gasteiger partial charge in [0.15, 0.2) is 0 Å². The highest BCUT2D eigenvalue weighted by Gasteiger charge is 2.15. The Morgan fingerprint density at radius 1 is 1.35 bits per heavy atom. The van der Waals surface area contributed by atoms with E-state index < -0.39 is 0 Å². The lowest BCUT2D eigenvalue weighted by atomic mass is 10.1. The summed E-state index contributed by atoms with van der Waals surface area (Å²) in [7, 11) is 0. The number of rotatable bonds is 4. The summed E-state index contributed by atoms with van der Waals surface area (Å²) < 4.78 is 0. The number of hydrogen-bond donors (Lipinski definition) is 3. The Morgan fingerprint density at radius 3 is 2.65 bits per heavy atom. The SMILES string of the molecule is Cc1cc(C(O)CCN2CCNCC2)c(C)[nH]1. The number of aromatic nitrogens is 1. The minimum Gasteiger partial charge on any atom is -0.388 e. The van der Waals surface area contributed by atoms with E-state index in [1.165, 1.54) is 0 Å². The first kappa shape index (κ1) is 12.6. The molecule has 17 heavy (non-hydrogen) atoms. The number of H-pyrrole nitrogens is 1. The van der Waals surface area contributed by atoms with Crippen LogP contribution in [0.4, 0.5) is 0 Å². The Morgan fingerprint density at radius 2 is 2.06 bits per heavy atom. The molecule has 1 aliphatic heterocycles. The number of aromatic amines is 1. The summed E-state index contributed by atoms with van der Waals surface area (Å²) in [6.07, 6.45) is 0.479. The van der Waals surface area contributed by atoms with E-state index >= 15 is 0 Å². The highest BCUT2D eigenvalue weighted by atomic mass is 16.3. The second-order valence-corrected chi connectivity index (χ2v) is 4.93. The molecule has 0 saturated carbocycles. The molecule has 1 aliphatic rings. The van der Waals surface area contributed by atoms with Crippen molar-refractivity contribution in [1.29, 1.82) is 0 Å². The topological polar surface area (TPSA) is 51.3 Å². The number of aliphatic hydroxyl groups is 1. The molecule has 1 unspecified atom stereocenters. The molecule has 0 spiro atoms. The van der Waals surface area contributed by atoms with Gasteiger partial charge in [-0.05, 0) is 26.3 Å². The molecule has 2 rings (SSSR count). The highest BCUT2D eigenvalue weighted by Crippen LogP contribution is 2.21. The Kier molecular flexibility index (Phi) is 4.20. The molecule has 2 heterocycles. The van der Waals surface area contributed by atoms with E-state index in [2.05, 4.69) is 21.3 Å². The highest BCUT2D eigenvalue weighted by molar-refractivity contribution is 5.26. The van der Waals surface area contributed by atoms with Gasteiger partial charge < -0.3 is 20.3 Å². The van der Waals surface area contributed by atoms with E-state index in [1.54, 1.807) is 0 Å². The van der Waals surface area contributed by atoms with Crippen LogP contribution in [0.5, 0.6) is 0 Å². The van der Waals surface area contributed by atoms with Gasteiger partial charge in [-0.3, -0.25) is 0 Å². The van der Waals surface area contributed by atoms with Crippen LogP contribution in [0.15, 0.2) is 6.07 Å². The summed E-state index contributed by atoms with van der Waals surface area (Å²) in [5.74, 6) is 0. The zero-order chi connectivity index (χ0) is 12.3. The van der Waals surface area contributed by atoms with Crippen molar-refractivity contribution in [1.82, 2.24) is 15.2 Å². The van der Waals surface area contributed by atoms with Crippen LogP contribution in [-0.2, 0) is 0 Å². The van der Waals surface area contributed by atoms with Crippen LogP contribution in [0.25, 0.3) is 0 Å². The third-order valence-electron chi connectivity index (χ3n) is 3.48. The van der Waals surface area contributed by atoms with Gasteiger partial charge in [0.1, 0.15) is 0 Å². The van der Waals surface area contributed by atoms with Crippen LogP contribution < -0.4 is 5.32 Å². The van der Waals surface area contributed by atoms with Gasteiger partial charge in [-0.2, -0.15) is 0 Å². The third kappa shape index (κ3) is 3.31. The molecule has 1 aromatic rings. The minimum absolute atomic E-state index is 0.338. The van der Waals surface area contributed by atoms with E-state index in [4.69, 9.17) is 0 Å². The molecule has 1 fully saturated rings. The van der Waals surface area contributed by atoms with Crippen molar-refractivity contribution in [3.05, 3.63) is 23.0 Å². The first-order chi connectivity index (χ1) is 8.16. The zero-order valence-electron chi connectivity index (χ0n) is 10.8. The smallest absolute Gasteiger partial charge is 0.0819 e. The molecular weight excluding hydrogens is 214 g/mol. The van der Waals surface area contributed by atoms with Gasteiger partial charge in [0, 0.05) is 49.7 Å². The average Bonchev–Trinajstić information content (AvgIpc) is 2.67. The Labute approximate surface area is 103 Å². The summed E-state index contributed by atoms with van der Waals surface area (Å²) >= 11 is 0. The quantitative estimate of drug-likeness (QED) is 0.731. The van der Waals surface area contributed by atoms with Crippen LogP contribution in [0, 0.1) is 13.8 Å². The zero-order valence-corrected chi connectivity index (χ0v) is 10.8. The van der Waals surface area contributed by atoms with Crippen LogP contribution in [0.2, 0.25) is 0 Å². The van der Waals surface area contributed by atoms with Crippen molar-refractivity contribution < 1.29 is 5.11 Å². The molecule has 0 aliphatic carbocycles. The molecular formula is C13H23N3O. The largest absolute Gasteiger partial charge is 0.388 e. The summed E-state index contributed by atoms with van der Waals surface area (Å²) in [6.45, 7) is 9.36. The molecule has 4 heteroatoms. The normalized spacial score (nSPS) is 19.5. The molecule has 0 bridgehead atoms. The van der Waals surface area contributed by atoms with Crippen LogP contribution in [-0.4, -0.2) is 47.7 Å². The summed E-state index contributed by atoms with van der Waals surface area (Å²) in [6, 6.07) is 2.05. The molecule has 4 nitrogen and oxygen atoms in total. The second-order valence-electron chi connectivity index (χ2n) is 4.93. The van der Waals surface area contributed by atoms with Gasteiger partial charge in [0.2, 0.25) is 0 Å². The van der Waals surface area contributed by atoms with Crippen molar-refractivity contribution in [3.8, 4) is 0 Å². The summed E-state index contributed by atoms with van der Waals surface area (Å²) in [5, 5.41) is 13.5. The van der Waals surface area contributed by atoms with E-state index in [9.17, 15) is 5.11 Å². The fraction of sp³-hybridized carbons (Fsp3) is 0.692. The predicted octanol–water partition coefficient (Wildman–Crippen LogP) is 0.960. The molecule has 0 aromatic carbocycles. The van der Waals surface area contributed by atoms with Gasteiger partial charge in [-0.25, -0.2) is 0 Å². The van der Waals surface area contributed by atoms with E-state index in [0.717, 1.165) is 56.1 Å². The van der Waals surface area contributed by atoms with Gasteiger partial charge in [-0.15, -0.1) is 0 Å². The maximum absolute atomic E-state index is 10.2. The molecule has 0 amide bonds. The maximum atomic E-state index is 10.2. The van der Waals surface area contributed by atoms with E-state index in [-0.39, 0.29) is 6.10 Å². The third-order valence-corrected chi connectivity index (χ3v) is 3.48. The van der Waals surface area contributed by atoms with Gasteiger partial charge in [-0.1, -0.05) is 0 Å². The summed E-state index contributed by atoms with van der Waals surface area (Å²) in [5.41, 5.74) is 3.27. The Hall–Kier alpha value is -0.840. The van der Waals surface area contributed by atoms with Gasteiger partial charge >= 0.3 is 0 Å². The second kappa shape index (κ2) is 5.67. The minimum atomic E-state index is -0.338. The van der Waals surface area contributed by atoms with Crippen molar-refractivity contribution >= 4 is 0 Å². The lowest BCUT2D eigenvalue weighted by Crippen LogP contribution is -2.44. The lowest BCUT2D eigenvalue weighted by molar-refractivity contribution is 0.136. The van der Waals surface area contributed by atoms with Gasteiger partial charge in [0.25, 0.3) is 0 Å². The number of nitrogens with zero attached hydrogens (tertiary/aromatic N) is 1. The fourth-order valence-corrected chi connectivity index (χ4v) is 2.49. The molecule has 3 N–H and O–H groups in total. The number of aliphatic hydroxyl groups excluding tert-OH is 1. The van der Waals surface area contributed by atoms with E-state index in [1.807, 2.05) is 13.8 Å². The Bertz CT molecular complexity index is 356. The van der Waals surface area contributed by atoms with Gasteiger partial charge in [0.05, 0.1) is 6.10 Å². The number of aryl methyl sites for hydroxylation is 2. The first-order valence-electron chi connectivity index (χ1n) is 6.44. The monoisotopic (exact) mass is 237 g/mol. The van der Waals surface area contributed by atoms with Crippen molar-refractivity contribution in [2.75, 3.05) is 32.7 Å². The Balaban J connectivity index is 1.84. The maximum Gasteiger partial charge on any atom is 0.0819 e. The first-order valence-corrected chi connectivity index (χ1v) is 6.44. The van der Waals surface area contributed by atoms with Crippen LogP contribution in [0.1, 0.15) is 29.5 Å². The predicted molar refractivity (Wildman–Crippen MR) is 69.2 cm³/mol. The number of nitrogens with one attached hydrogen (secondary N) is 2.